The van der Waals surface area contributed by atoms with Gasteiger partial charge in [0.1, 0.15) is 0 Å². The fourth-order valence-corrected chi connectivity index (χ4v) is 1.45. The van der Waals surface area contributed by atoms with E-state index in [-0.39, 0.29) is 0 Å². The molecule has 0 saturated carbocycles. The molecule has 0 aliphatic rings. The maximum absolute atomic E-state index is 5.55. The van der Waals surface area contributed by atoms with Crippen molar-refractivity contribution in [2.24, 2.45) is 0 Å². The van der Waals surface area contributed by atoms with Crippen LogP contribution in [0.2, 0.25) is 0 Å². The molecule has 2 rings (SSSR count). The Bertz CT molecular complexity index is 424. The first-order valence-electron chi connectivity index (χ1n) is 3.67. The number of halogens is 1. The quantitative estimate of drug-likeness (QED) is 0.822. The summed E-state index contributed by atoms with van der Waals surface area (Å²) in [5.74, 6) is 0. The third kappa shape index (κ3) is 1.55. The molecular formula is C8H7BrN4. The molecule has 2 N–H and O–H groups in total. The maximum atomic E-state index is 5.55. The number of nitrogens with zero attached hydrogens (tertiary/aromatic N) is 3. The summed E-state index contributed by atoms with van der Waals surface area (Å²) < 4.78 is 2.58. The van der Waals surface area contributed by atoms with Crippen molar-refractivity contribution in [2.45, 2.75) is 0 Å². The minimum Gasteiger partial charge on any atom is -0.396 e. The highest BCUT2D eigenvalue weighted by Gasteiger charge is 2.02. The van der Waals surface area contributed by atoms with Gasteiger partial charge in [0, 0.05) is 12.4 Å². The number of aromatic nitrogens is 3. The number of anilines is 1. The molecule has 0 aromatic carbocycles. The molecule has 4 nitrogen and oxygen atoms in total. The Morgan fingerprint density at radius 1 is 1.38 bits per heavy atom. The monoisotopic (exact) mass is 238 g/mol. The number of nitrogen functional groups attached to an aromatic ring is 1. The molecule has 0 spiro atoms. The fraction of sp³-hybridized carbons (Fsp3) is 0. The van der Waals surface area contributed by atoms with Crippen molar-refractivity contribution in [3.8, 4) is 5.69 Å². The minimum absolute atomic E-state index is 0.642. The Morgan fingerprint density at radius 2 is 2.23 bits per heavy atom. The van der Waals surface area contributed by atoms with Gasteiger partial charge >= 0.3 is 0 Å². The molecule has 66 valence electrons. The highest BCUT2D eigenvalue weighted by atomic mass is 79.9. The first-order valence-corrected chi connectivity index (χ1v) is 4.47. The average molecular weight is 239 g/mol. The summed E-state index contributed by atoms with van der Waals surface area (Å²) in [6.07, 6.45) is 6.78. The Hall–Kier alpha value is -1.36. The lowest BCUT2D eigenvalue weighted by Crippen LogP contribution is -1.95. The molecular weight excluding hydrogens is 232 g/mol. The van der Waals surface area contributed by atoms with Crippen LogP contribution < -0.4 is 5.73 Å². The van der Waals surface area contributed by atoms with Crippen molar-refractivity contribution in [3.63, 3.8) is 0 Å². The van der Waals surface area contributed by atoms with E-state index in [0.717, 1.165) is 10.2 Å². The highest BCUT2D eigenvalue weighted by molar-refractivity contribution is 9.10. The standard InChI is InChI=1S/C8H7BrN4/c9-7-4-11-2-1-8(7)13-5-6(10)3-12-13/h1-5H,10H2. The molecule has 0 atom stereocenters. The van der Waals surface area contributed by atoms with E-state index in [1.54, 1.807) is 29.5 Å². The Balaban J connectivity index is 2.52. The zero-order chi connectivity index (χ0) is 9.26. The van der Waals surface area contributed by atoms with Crippen molar-refractivity contribution in [2.75, 3.05) is 5.73 Å². The molecule has 2 aromatic rings. The van der Waals surface area contributed by atoms with Crippen LogP contribution in [0.25, 0.3) is 5.69 Å². The summed E-state index contributed by atoms with van der Waals surface area (Å²) in [5, 5.41) is 4.08. The summed E-state index contributed by atoms with van der Waals surface area (Å²) in [7, 11) is 0. The second-order valence-electron chi connectivity index (χ2n) is 2.55. The average Bonchev–Trinajstić information content (AvgIpc) is 2.53. The number of rotatable bonds is 1. The lowest BCUT2D eigenvalue weighted by Gasteiger charge is -2.01. The van der Waals surface area contributed by atoms with Gasteiger partial charge in [-0.15, -0.1) is 0 Å². The van der Waals surface area contributed by atoms with Gasteiger partial charge in [-0.3, -0.25) is 4.98 Å². The lowest BCUT2D eigenvalue weighted by molar-refractivity contribution is 0.873. The SMILES string of the molecule is Nc1cnn(-c2ccncc2Br)c1. The van der Waals surface area contributed by atoms with Crippen molar-refractivity contribution in [1.82, 2.24) is 14.8 Å². The van der Waals surface area contributed by atoms with E-state index in [4.69, 9.17) is 5.73 Å². The molecule has 2 heterocycles. The van der Waals surface area contributed by atoms with Crippen molar-refractivity contribution >= 4 is 21.6 Å². The van der Waals surface area contributed by atoms with E-state index in [1.165, 1.54) is 0 Å². The minimum atomic E-state index is 0.642. The Kier molecular flexibility index (Phi) is 2.02. The maximum Gasteiger partial charge on any atom is 0.0819 e. The summed E-state index contributed by atoms with van der Waals surface area (Å²) >= 11 is 3.38. The van der Waals surface area contributed by atoms with E-state index in [2.05, 4.69) is 26.0 Å². The van der Waals surface area contributed by atoms with Gasteiger partial charge in [-0.2, -0.15) is 5.10 Å². The molecule has 0 radical (unpaired) electrons. The van der Waals surface area contributed by atoms with Crippen molar-refractivity contribution in [3.05, 3.63) is 35.3 Å². The van der Waals surface area contributed by atoms with Crippen molar-refractivity contribution < 1.29 is 0 Å². The third-order valence-electron chi connectivity index (χ3n) is 1.60. The first kappa shape index (κ1) is 8.25. The molecule has 5 heteroatoms. The zero-order valence-corrected chi connectivity index (χ0v) is 8.27. The number of hydrogen-bond acceptors (Lipinski definition) is 3. The normalized spacial score (nSPS) is 10.2. The van der Waals surface area contributed by atoms with E-state index in [9.17, 15) is 0 Å². The molecule has 0 unspecified atom stereocenters. The lowest BCUT2D eigenvalue weighted by atomic mass is 10.4. The molecule has 13 heavy (non-hydrogen) atoms. The summed E-state index contributed by atoms with van der Waals surface area (Å²) in [5.41, 5.74) is 7.12. The van der Waals surface area contributed by atoms with Crippen LogP contribution in [0.15, 0.2) is 35.3 Å². The number of hydrogen-bond donors (Lipinski definition) is 1. The van der Waals surface area contributed by atoms with Gasteiger partial charge in [-0.25, -0.2) is 4.68 Å². The molecule has 0 aliphatic carbocycles. The van der Waals surface area contributed by atoms with Gasteiger partial charge in [-0.1, -0.05) is 0 Å². The molecule has 0 saturated heterocycles. The van der Waals surface area contributed by atoms with Crippen LogP contribution in [0, 0.1) is 0 Å². The predicted molar refractivity (Wildman–Crippen MR) is 53.5 cm³/mol. The van der Waals surface area contributed by atoms with Gasteiger partial charge in [0.15, 0.2) is 0 Å². The van der Waals surface area contributed by atoms with Gasteiger partial charge < -0.3 is 5.73 Å². The summed E-state index contributed by atoms with van der Waals surface area (Å²) in [6.45, 7) is 0. The van der Waals surface area contributed by atoms with E-state index >= 15 is 0 Å². The van der Waals surface area contributed by atoms with E-state index in [0.29, 0.717) is 5.69 Å². The van der Waals surface area contributed by atoms with Gasteiger partial charge in [0.25, 0.3) is 0 Å². The zero-order valence-electron chi connectivity index (χ0n) is 6.68. The largest absolute Gasteiger partial charge is 0.396 e. The van der Waals surface area contributed by atoms with Gasteiger partial charge in [0.2, 0.25) is 0 Å². The van der Waals surface area contributed by atoms with Gasteiger partial charge in [-0.05, 0) is 22.0 Å². The van der Waals surface area contributed by atoms with Crippen LogP contribution in [-0.4, -0.2) is 14.8 Å². The van der Waals surface area contributed by atoms with Crippen LogP contribution >= 0.6 is 15.9 Å². The molecule has 0 fully saturated rings. The second kappa shape index (κ2) is 3.18. The van der Waals surface area contributed by atoms with Crippen LogP contribution in [0.4, 0.5) is 5.69 Å². The predicted octanol–water partition coefficient (Wildman–Crippen LogP) is 1.61. The molecule has 0 aliphatic heterocycles. The Labute approximate surface area is 83.5 Å². The van der Waals surface area contributed by atoms with Crippen LogP contribution in [0.3, 0.4) is 0 Å². The third-order valence-corrected chi connectivity index (χ3v) is 2.21. The first-order chi connectivity index (χ1) is 6.27. The van der Waals surface area contributed by atoms with Crippen molar-refractivity contribution in [1.29, 1.82) is 0 Å². The van der Waals surface area contributed by atoms with Crippen LogP contribution in [0.1, 0.15) is 0 Å². The smallest absolute Gasteiger partial charge is 0.0819 e. The molecule has 2 aromatic heterocycles. The van der Waals surface area contributed by atoms with Crippen LogP contribution in [0.5, 0.6) is 0 Å². The number of nitrogens with two attached hydrogens (primary N) is 1. The summed E-state index contributed by atoms with van der Waals surface area (Å²) in [4.78, 5) is 3.96. The molecule has 0 amide bonds. The van der Waals surface area contributed by atoms with E-state index in [1.807, 2.05) is 6.07 Å². The van der Waals surface area contributed by atoms with E-state index < -0.39 is 0 Å². The van der Waals surface area contributed by atoms with Gasteiger partial charge in [0.05, 0.1) is 28.2 Å². The summed E-state index contributed by atoms with van der Waals surface area (Å²) in [6, 6.07) is 1.86. The second-order valence-corrected chi connectivity index (χ2v) is 3.40. The number of pyridine rings is 1. The topological polar surface area (TPSA) is 56.7 Å². The van der Waals surface area contributed by atoms with Crippen LogP contribution in [-0.2, 0) is 0 Å². The highest BCUT2D eigenvalue weighted by Crippen LogP contribution is 2.18. The Morgan fingerprint density at radius 3 is 2.85 bits per heavy atom. The molecule has 0 bridgehead atoms. The fourth-order valence-electron chi connectivity index (χ4n) is 1.02.